The van der Waals surface area contributed by atoms with E-state index in [2.05, 4.69) is 10.6 Å². The van der Waals surface area contributed by atoms with Crippen molar-refractivity contribution in [3.63, 3.8) is 0 Å². The van der Waals surface area contributed by atoms with E-state index in [0.29, 0.717) is 5.75 Å². The van der Waals surface area contributed by atoms with E-state index in [1.807, 2.05) is 32.0 Å². The molecule has 4 N–H and O–H groups in total. The molecule has 30 heavy (non-hydrogen) atoms. The van der Waals surface area contributed by atoms with Crippen LogP contribution in [0, 0.1) is 13.8 Å². The molecule has 0 saturated heterocycles. The minimum absolute atomic E-state index is 0.0175. The number of primary amides is 1. The highest BCUT2D eigenvalue weighted by molar-refractivity contribution is 5.95. The summed E-state index contributed by atoms with van der Waals surface area (Å²) in [4.78, 5) is 37.5. The fourth-order valence-electron chi connectivity index (χ4n) is 2.83. The monoisotopic (exact) mass is 412 g/mol. The Morgan fingerprint density at radius 3 is 2.37 bits per heavy atom. The van der Waals surface area contributed by atoms with E-state index in [1.54, 1.807) is 36.3 Å². The van der Waals surface area contributed by atoms with Crippen molar-refractivity contribution in [2.75, 3.05) is 37.0 Å². The maximum Gasteiger partial charge on any atom is 0.243 e. The lowest BCUT2D eigenvalue weighted by molar-refractivity contribution is -0.123. The Morgan fingerprint density at radius 2 is 1.73 bits per heavy atom. The molecule has 0 radical (unpaired) electrons. The number of nitrogens with one attached hydrogen (secondary N) is 2. The minimum atomic E-state index is -0.457. The van der Waals surface area contributed by atoms with Crippen LogP contribution >= 0.6 is 0 Å². The predicted molar refractivity (Wildman–Crippen MR) is 117 cm³/mol. The van der Waals surface area contributed by atoms with E-state index in [9.17, 15) is 14.4 Å². The average molecular weight is 412 g/mol. The van der Waals surface area contributed by atoms with Gasteiger partial charge in [0.05, 0.1) is 20.2 Å². The Labute approximate surface area is 176 Å². The number of anilines is 2. The van der Waals surface area contributed by atoms with Gasteiger partial charge in [-0.05, 0) is 55.3 Å². The number of hydrogen-bond acceptors (Lipinski definition) is 5. The molecule has 0 unspecified atom stereocenters. The minimum Gasteiger partial charge on any atom is -0.497 e. The molecule has 8 heteroatoms. The molecule has 2 aromatic carbocycles. The summed E-state index contributed by atoms with van der Waals surface area (Å²) in [5.74, 6) is -0.431. The van der Waals surface area contributed by atoms with Gasteiger partial charge in [0, 0.05) is 24.3 Å². The molecule has 0 aliphatic rings. The summed E-state index contributed by atoms with van der Waals surface area (Å²) in [6.07, 6.45) is 0.104. The Bertz CT molecular complexity index is 897. The fourth-order valence-corrected chi connectivity index (χ4v) is 2.83. The standard InChI is InChI=1S/C22H28N4O4/c1-15-5-4-6-19(16(15)2)25-21(28)13-24-22(29)14-26(12-11-20(23)27)17-7-9-18(30-3)10-8-17/h4-10H,11-14H2,1-3H3,(H2,23,27)(H,24,29)(H,25,28). The van der Waals surface area contributed by atoms with Gasteiger partial charge >= 0.3 is 0 Å². The number of hydrogen-bond donors (Lipinski definition) is 3. The molecule has 0 atom stereocenters. The normalized spacial score (nSPS) is 10.2. The highest BCUT2D eigenvalue weighted by Crippen LogP contribution is 2.19. The second-order valence-corrected chi connectivity index (χ2v) is 6.91. The van der Waals surface area contributed by atoms with Gasteiger partial charge < -0.3 is 26.0 Å². The van der Waals surface area contributed by atoms with Crippen molar-refractivity contribution < 1.29 is 19.1 Å². The Hall–Kier alpha value is -3.55. The average Bonchev–Trinajstić information content (AvgIpc) is 2.73. The van der Waals surface area contributed by atoms with Gasteiger partial charge in [-0.3, -0.25) is 14.4 Å². The first-order valence-electron chi connectivity index (χ1n) is 9.60. The van der Waals surface area contributed by atoms with Crippen LogP contribution in [0.2, 0.25) is 0 Å². The van der Waals surface area contributed by atoms with E-state index in [1.165, 1.54) is 0 Å². The number of ether oxygens (including phenoxy) is 1. The molecule has 0 spiro atoms. The van der Waals surface area contributed by atoms with Crippen molar-refractivity contribution in [3.8, 4) is 5.75 Å². The largest absolute Gasteiger partial charge is 0.497 e. The summed E-state index contributed by atoms with van der Waals surface area (Å²) in [5, 5.41) is 5.42. The second-order valence-electron chi connectivity index (χ2n) is 6.91. The summed E-state index contributed by atoms with van der Waals surface area (Å²) in [5.41, 5.74) is 8.76. The van der Waals surface area contributed by atoms with Gasteiger partial charge in [-0.2, -0.15) is 0 Å². The van der Waals surface area contributed by atoms with Crippen LogP contribution in [-0.2, 0) is 14.4 Å². The Kier molecular flexibility index (Phi) is 8.22. The topological polar surface area (TPSA) is 114 Å². The molecule has 0 fully saturated rings. The lowest BCUT2D eigenvalue weighted by atomic mass is 10.1. The van der Waals surface area contributed by atoms with Crippen molar-refractivity contribution >= 4 is 29.1 Å². The molecule has 3 amide bonds. The van der Waals surface area contributed by atoms with Crippen LogP contribution < -0.4 is 26.0 Å². The maximum atomic E-state index is 12.4. The van der Waals surface area contributed by atoms with Crippen LogP contribution in [0.15, 0.2) is 42.5 Å². The van der Waals surface area contributed by atoms with Gasteiger partial charge in [-0.15, -0.1) is 0 Å². The molecule has 2 aromatic rings. The van der Waals surface area contributed by atoms with E-state index in [-0.39, 0.29) is 37.9 Å². The van der Waals surface area contributed by atoms with E-state index in [0.717, 1.165) is 22.5 Å². The molecular weight excluding hydrogens is 384 g/mol. The lowest BCUT2D eigenvalue weighted by Gasteiger charge is -2.24. The van der Waals surface area contributed by atoms with Gasteiger partial charge in [0.25, 0.3) is 0 Å². The molecular formula is C22H28N4O4. The molecule has 0 aromatic heterocycles. The summed E-state index contributed by atoms with van der Waals surface area (Å²) in [6.45, 7) is 4.00. The van der Waals surface area contributed by atoms with Gasteiger partial charge in [0.2, 0.25) is 17.7 Å². The third-order valence-electron chi connectivity index (χ3n) is 4.72. The van der Waals surface area contributed by atoms with Gasteiger partial charge in [0.1, 0.15) is 5.75 Å². The fraction of sp³-hybridized carbons (Fsp3) is 0.318. The molecule has 160 valence electrons. The molecule has 0 bridgehead atoms. The molecule has 2 rings (SSSR count). The number of benzene rings is 2. The van der Waals surface area contributed by atoms with E-state index < -0.39 is 5.91 Å². The first kappa shape index (κ1) is 22.7. The highest BCUT2D eigenvalue weighted by Gasteiger charge is 2.14. The summed E-state index contributed by atoms with van der Waals surface area (Å²) < 4.78 is 5.14. The zero-order chi connectivity index (χ0) is 22.1. The quantitative estimate of drug-likeness (QED) is 0.550. The number of nitrogens with zero attached hydrogens (tertiary/aromatic N) is 1. The third kappa shape index (κ3) is 6.80. The number of rotatable bonds is 10. The number of methoxy groups -OCH3 is 1. The number of aryl methyl sites for hydroxylation is 1. The van der Waals surface area contributed by atoms with Gasteiger partial charge in [-0.1, -0.05) is 12.1 Å². The van der Waals surface area contributed by atoms with Crippen LogP contribution in [-0.4, -0.2) is 44.5 Å². The van der Waals surface area contributed by atoms with E-state index >= 15 is 0 Å². The molecule has 0 saturated carbocycles. The SMILES string of the molecule is COc1ccc(N(CCC(N)=O)CC(=O)NCC(=O)Nc2cccc(C)c2C)cc1. The van der Waals surface area contributed by atoms with Gasteiger partial charge in [-0.25, -0.2) is 0 Å². The Morgan fingerprint density at radius 1 is 1.03 bits per heavy atom. The molecule has 0 aliphatic heterocycles. The zero-order valence-corrected chi connectivity index (χ0v) is 17.5. The first-order valence-corrected chi connectivity index (χ1v) is 9.60. The lowest BCUT2D eigenvalue weighted by Crippen LogP contribution is -2.41. The summed E-state index contributed by atoms with van der Waals surface area (Å²) >= 11 is 0. The second kappa shape index (κ2) is 10.8. The van der Waals surface area contributed by atoms with Gasteiger partial charge in [0.15, 0.2) is 0 Å². The van der Waals surface area contributed by atoms with E-state index in [4.69, 9.17) is 10.5 Å². The Balaban J connectivity index is 1.94. The van der Waals surface area contributed by atoms with Crippen LogP contribution in [0.5, 0.6) is 5.75 Å². The maximum absolute atomic E-state index is 12.4. The van der Waals surface area contributed by atoms with Crippen LogP contribution in [0.1, 0.15) is 17.5 Å². The number of nitrogens with two attached hydrogens (primary N) is 1. The molecule has 0 aliphatic carbocycles. The van der Waals surface area contributed by atoms with Crippen molar-refractivity contribution in [2.45, 2.75) is 20.3 Å². The zero-order valence-electron chi connectivity index (χ0n) is 17.5. The number of carbonyl (C=O) groups is 3. The summed E-state index contributed by atoms with van der Waals surface area (Å²) in [7, 11) is 1.57. The van der Waals surface area contributed by atoms with Crippen LogP contribution in [0.4, 0.5) is 11.4 Å². The van der Waals surface area contributed by atoms with Crippen molar-refractivity contribution in [1.82, 2.24) is 5.32 Å². The van der Waals surface area contributed by atoms with Crippen LogP contribution in [0.3, 0.4) is 0 Å². The number of amides is 3. The predicted octanol–water partition coefficient (Wildman–Crippen LogP) is 1.75. The van der Waals surface area contributed by atoms with Crippen molar-refractivity contribution in [2.24, 2.45) is 5.73 Å². The smallest absolute Gasteiger partial charge is 0.243 e. The van der Waals surface area contributed by atoms with Crippen LogP contribution in [0.25, 0.3) is 0 Å². The molecule has 0 heterocycles. The first-order chi connectivity index (χ1) is 14.3. The van der Waals surface area contributed by atoms with Crippen molar-refractivity contribution in [3.05, 3.63) is 53.6 Å². The summed E-state index contributed by atoms with van der Waals surface area (Å²) in [6, 6.07) is 12.8. The molecule has 8 nitrogen and oxygen atoms in total. The van der Waals surface area contributed by atoms with Crippen molar-refractivity contribution in [1.29, 1.82) is 0 Å². The number of carbonyl (C=O) groups excluding carboxylic acids is 3. The highest BCUT2D eigenvalue weighted by atomic mass is 16.5. The third-order valence-corrected chi connectivity index (χ3v) is 4.72.